The van der Waals surface area contributed by atoms with Crippen LogP contribution in [-0.4, -0.2) is 34.5 Å². The van der Waals surface area contributed by atoms with Crippen molar-refractivity contribution in [2.75, 3.05) is 6.54 Å². The summed E-state index contributed by atoms with van der Waals surface area (Å²) in [5.41, 5.74) is 4.09. The molecule has 0 unspecified atom stereocenters. The number of rotatable bonds is 1. The summed E-state index contributed by atoms with van der Waals surface area (Å²) in [4.78, 5) is 10.4. The van der Waals surface area contributed by atoms with Gasteiger partial charge in [-0.25, -0.2) is 0 Å². The SMILES string of the molecule is N[C@@]1(C(=O)O)CN[C@@H](O)C1. The van der Waals surface area contributed by atoms with Crippen LogP contribution >= 0.6 is 0 Å². The number of carboxylic acid groups (broad SMARTS) is 1. The van der Waals surface area contributed by atoms with Crippen molar-refractivity contribution in [3.8, 4) is 0 Å². The first-order chi connectivity index (χ1) is 4.54. The Labute approximate surface area is 57.8 Å². The molecule has 0 aromatic heterocycles. The Morgan fingerprint density at radius 3 is 2.60 bits per heavy atom. The fourth-order valence-electron chi connectivity index (χ4n) is 0.952. The molecule has 0 aromatic rings. The molecule has 1 aliphatic heterocycles. The van der Waals surface area contributed by atoms with Gasteiger partial charge in [0.1, 0.15) is 11.8 Å². The number of aliphatic hydroxyl groups excluding tert-OH is 1. The molecule has 0 aliphatic carbocycles. The Balaban J connectivity index is 2.63. The van der Waals surface area contributed by atoms with Gasteiger partial charge in [0.25, 0.3) is 0 Å². The van der Waals surface area contributed by atoms with E-state index >= 15 is 0 Å². The van der Waals surface area contributed by atoms with Crippen molar-refractivity contribution < 1.29 is 15.0 Å². The third kappa shape index (κ3) is 1.11. The van der Waals surface area contributed by atoms with Gasteiger partial charge in [0, 0.05) is 13.0 Å². The van der Waals surface area contributed by atoms with Crippen molar-refractivity contribution >= 4 is 5.97 Å². The highest BCUT2D eigenvalue weighted by atomic mass is 16.4. The zero-order chi connectivity index (χ0) is 7.78. The third-order valence-corrected chi connectivity index (χ3v) is 1.64. The quantitative estimate of drug-likeness (QED) is 0.346. The molecule has 5 heteroatoms. The predicted octanol–water partition coefficient (Wildman–Crippen LogP) is -1.92. The summed E-state index contributed by atoms with van der Waals surface area (Å²) in [5.74, 6) is -1.07. The Morgan fingerprint density at radius 2 is 2.40 bits per heavy atom. The van der Waals surface area contributed by atoms with Gasteiger partial charge in [-0.15, -0.1) is 0 Å². The number of aliphatic carboxylic acids is 1. The highest BCUT2D eigenvalue weighted by Crippen LogP contribution is 2.14. The van der Waals surface area contributed by atoms with Crippen molar-refractivity contribution in [1.82, 2.24) is 5.32 Å². The molecule has 10 heavy (non-hydrogen) atoms. The highest BCUT2D eigenvalue weighted by molar-refractivity contribution is 5.79. The highest BCUT2D eigenvalue weighted by Gasteiger charge is 2.41. The molecule has 1 fully saturated rings. The van der Waals surface area contributed by atoms with Crippen molar-refractivity contribution in [3.05, 3.63) is 0 Å². The zero-order valence-electron chi connectivity index (χ0n) is 5.37. The molecular weight excluding hydrogens is 136 g/mol. The molecule has 1 heterocycles. The van der Waals surface area contributed by atoms with Crippen LogP contribution in [0.4, 0.5) is 0 Å². The first-order valence-corrected chi connectivity index (χ1v) is 2.98. The molecule has 0 spiro atoms. The molecule has 2 atom stereocenters. The summed E-state index contributed by atoms with van der Waals surface area (Å²) in [5, 5.41) is 19.9. The van der Waals surface area contributed by atoms with E-state index in [1.54, 1.807) is 0 Å². The standard InChI is InChI=1S/C5H10N2O3/c6-5(4(9)10)1-3(8)7-2-5/h3,7-8H,1-2,6H2,(H,9,10)/t3-,5+/m0/s1. The van der Waals surface area contributed by atoms with Crippen molar-refractivity contribution in [2.45, 2.75) is 18.2 Å². The van der Waals surface area contributed by atoms with Crippen LogP contribution in [0.5, 0.6) is 0 Å². The van der Waals surface area contributed by atoms with Gasteiger partial charge in [0.05, 0.1) is 0 Å². The third-order valence-electron chi connectivity index (χ3n) is 1.64. The lowest BCUT2D eigenvalue weighted by molar-refractivity contribution is -0.142. The van der Waals surface area contributed by atoms with Crippen molar-refractivity contribution in [2.24, 2.45) is 5.73 Å². The van der Waals surface area contributed by atoms with E-state index in [0.29, 0.717) is 0 Å². The van der Waals surface area contributed by atoms with Gasteiger partial charge in [0.15, 0.2) is 0 Å². The fourth-order valence-corrected chi connectivity index (χ4v) is 0.952. The van der Waals surface area contributed by atoms with Gasteiger partial charge >= 0.3 is 5.97 Å². The monoisotopic (exact) mass is 146 g/mol. The van der Waals surface area contributed by atoms with Gasteiger partial charge in [-0.2, -0.15) is 0 Å². The Bertz CT molecular complexity index is 161. The lowest BCUT2D eigenvalue weighted by atomic mass is 10.0. The molecule has 1 saturated heterocycles. The molecular formula is C5H10N2O3. The number of nitrogens with two attached hydrogens (primary N) is 1. The van der Waals surface area contributed by atoms with Crippen molar-refractivity contribution in [3.63, 3.8) is 0 Å². The Morgan fingerprint density at radius 1 is 1.80 bits per heavy atom. The molecule has 1 rings (SSSR count). The second-order valence-electron chi connectivity index (χ2n) is 2.56. The number of aliphatic hydroxyl groups is 1. The fraction of sp³-hybridized carbons (Fsp3) is 0.800. The molecule has 58 valence electrons. The molecule has 1 aliphatic rings. The van der Waals surface area contributed by atoms with Crippen LogP contribution in [-0.2, 0) is 4.79 Å². The van der Waals surface area contributed by atoms with E-state index in [0.717, 1.165) is 0 Å². The van der Waals surface area contributed by atoms with Gasteiger partial charge in [-0.1, -0.05) is 0 Å². The molecule has 5 nitrogen and oxygen atoms in total. The molecule has 0 radical (unpaired) electrons. The summed E-state index contributed by atoms with van der Waals surface area (Å²) >= 11 is 0. The largest absolute Gasteiger partial charge is 0.480 e. The number of nitrogens with one attached hydrogen (secondary N) is 1. The van der Waals surface area contributed by atoms with E-state index in [1.165, 1.54) is 0 Å². The van der Waals surface area contributed by atoms with Gasteiger partial charge in [-0.3, -0.25) is 10.1 Å². The van der Waals surface area contributed by atoms with E-state index in [-0.39, 0.29) is 13.0 Å². The first kappa shape index (κ1) is 7.46. The van der Waals surface area contributed by atoms with E-state index < -0.39 is 17.7 Å². The van der Waals surface area contributed by atoms with Gasteiger partial charge in [-0.05, 0) is 0 Å². The second-order valence-corrected chi connectivity index (χ2v) is 2.56. The number of carboxylic acids is 1. The minimum atomic E-state index is -1.28. The zero-order valence-corrected chi connectivity index (χ0v) is 5.37. The van der Waals surface area contributed by atoms with Gasteiger partial charge < -0.3 is 15.9 Å². The van der Waals surface area contributed by atoms with Crippen molar-refractivity contribution in [1.29, 1.82) is 0 Å². The smallest absolute Gasteiger partial charge is 0.325 e. The van der Waals surface area contributed by atoms with Crippen LogP contribution in [0.1, 0.15) is 6.42 Å². The molecule has 0 aromatic carbocycles. The molecule has 5 N–H and O–H groups in total. The number of carbonyl (C=O) groups is 1. The first-order valence-electron chi connectivity index (χ1n) is 2.98. The molecule has 0 saturated carbocycles. The average Bonchev–Trinajstić information content (AvgIpc) is 2.13. The van der Waals surface area contributed by atoms with Crippen LogP contribution in [0, 0.1) is 0 Å². The average molecular weight is 146 g/mol. The molecule has 0 bridgehead atoms. The summed E-state index contributed by atoms with van der Waals surface area (Å²) in [6.45, 7) is 0.128. The van der Waals surface area contributed by atoms with Crippen LogP contribution in [0.25, 0.3) is 0 Å². The molecule has 0 amide bonds. The van der Waals surface area contributed by atoms with E-state index in [4.69, 9.17) is 15.9 Å². The van der Waals surface area contributed by atoms with Crippen LogP contribution in [0.2, 0.25) is 0 Å². The lowest BCUT2D eigenvalue weighted by Gasteiger charge is -2.15. The predicted molar refractivity (Wildman–Crippen MR) is 33.2 cm³/mol. The van der Waals surface area contributed by atoms with E-state index in [9.17, 15) is 4.79 Å². The van der Waals surface area contributed by atoms with Crippen LogP contribution in [0.3, 0.4) is 0 Å². The van der Waals surface area contributed by atoms with E-state index in [2.05, 4.69) is 5.32 Å². The maximum Gasteiger partial charge on any atom is 0.325 e. The topological polar surface area (TPSA) is 95.6 Å². The number of hydrogen-bond donors (Lipinski definition) is 4. The Hall–Kier alpha value is -0.650. The van der Waals surface area contributed by atoms with E-state index in [1.807, 2.05) is 0 Å². The van der Waals surface area contributed by atoms with Crippen LogP contribution < -0.4 is 11.1 Å². The summed E-state index contributed by atoms with van der Waals surface area (Å²) in [6.07, 6.45) is -0.705. The number of hydrogen-bond acceptors (Lipinski definition) is 4. The maximum atomic E-state index is 10.4. The minimum absolute atomic E-state index is 0.0718. The van der Waals surface area contributed by atoms with Crippen LogP contribution in [0.15, 0.2) is 0 Å². The Kier molecular flexibility index (Phi) is 1.63. The lowest BCUT2D eigenvalue weighted by Crippen LogP contribution is -2.49. The second kappa shape index (κ2) is 2.19. The van der Waals surface area contributed by atoms with Gasteiger partial charge in [0.2, 0.25) is 0 Å². The summed E-state index contributed by atoms with van der Waals surface area (Å²) in [6, 6.07) is 0. The summed E-state index contributed by atoms with van der Waals surface area (Å²) < 4.78 is 0. The maximum absolute atomic E-state index is 10.4. The normalized spacial score (nSPS) is 40.0. The summed E-state index contributed by atoms with van der Waals surface area (Å²) in [7, 11) is 0. The minimum Gasteiger partial charge on any atom is -0.480 e.